The smallest absolute Gasteiger partial charge is 0.0595 e. The maximum atomic E-state index is 6.19. The van der Waals surface area contributed by atoms with Crippen molar-refractivity contribution in [2.24, 2.45) is 0 Å². The monoisotopic (exact) mass is 300 g/mol. The second-order valence-corrected chi connectivity index (χ2v) is 6.11. The molecular weight excluding hydrogens is 279 g/mol. The lowest BCUT2D eigenvalue weighted by Crippen LogP contribution is -2.45. The van der Waals surface area contributed by atoms with E-state index in [4.69, 9.17) is 23.2 Å². The van der Waals surface area contributed by atoms with Gasteiger partial charge in [-0.05, 0) is 56.6 Å². The van der Waals surface area contributed by atoms with Crippen molar-refractivity contribution in [3.8, 4) is 0 Å². The average Bonchev–Trinajstić information content (AvgIpc) is 2.43. The Labute approximate surface area is 125 Å². The molecule has 0 unspecified atom stereocenters. The number of benzene rings is 1. The Morgan fingerprint density at radius 3 is 2.79 bits per heavy atom. The maximum Gasteiger partial charge on any atom is 0.0595 e. The summed E-state index contributed by atoms with van der Waals surface area (Å²) in [6.07, 6.45) is 3.56. The molecule has 1 saturated heterocycles. The van der Waals surface area contributed by atoms with Gasteiger partial charge < -0.3 is 10.6 Å². The maximum absolute atomic E-state index is 6.19. The first-order chi connectivity index (χ1) is 9.18. The van der Waals surface area contributed by atoms with E-state index < -0.39 is 0 Å². The Balaban J connectivity index is 2.22. The molecule has 0 radical (unpaired) electrons. The standard InChI is InChI=1S/C15H22Cl2N2/c1-2-18-9-7-15(6-3-8-19-11-15)12-4-5-13(16)14(17)10-12/h4-5,10,18-19H,2-3,6-9,11H2,1H3/t15-/m1/s1. The highest BCUT2D eigenvalue weighted by Crippen LogP contribution is 2.37. The molecule has 2 N–H and O–H groups in total. The third kappa shape index (κ3) is 3.63. The number of nitrogens with one attached hydrogen (secondary N) is 2. The molecule has 2 nitrogen and oxygen atoms in total. The van der Waals surface area contributed by atoms with E-state index in [1.54, 1.807) is 0 Å². The van der Waals surface area contributed by atoms with E-state index in [0.29, 0.717) is 10.0 Å². The number of piperidine rings is 1. The van der Waals surface area contributed by atoms with Crippen molar-refractivity contribution in [1.82, 2.24) is 10.6 Å². The van der Waals surface area contributed by atoms with Crippen LogP contribution in [0.2, 0.25) is 10.0 Å². The Morgan fingerprint density at radius 2 is 2.16 bits per heavy atom. The normalized spacial score (nSPS) is 23.5. The Morgan fingerprint density at radius 1 is 1.32 bits per heavy atom. The highest BCUT2D eigenvalue weighted by molar-refractivity contribution is 6.42. The van der Waals surface area contributed by atoms with Gasteiger partial charge in [0.15, 0.2) is 0 Å². The highest BCUT2D eigenvalue weighted by atomic mass is 35.5. The third-order valence-electron chi connectivity index (χ3n) is 4.03. The van der Waals surface area contributed by atoms with E-state index in [9.17, 15) is 0 Å². The van der Waals surface area contributed by atoms with Gasteiger partial charge >= 0.3 is 0 Å². The summed E-state index contributed by atoms with van der Waals surface area (Å²) in [5.41, 5.74) is 1.50. The molecule has 0 saturated carbocycles. The van der Waals surface area contributed by atoms with Crippen LogP contribution in [0.3, 0.4) is 0 Å². The second-order valence-electron chi connectivity index (χ2n) is 5.29. The number of hydrogen-bond acceptors (Lipinski definition) is 2. The Hall–Kier alpha value is -0.280. The zero-order valence-electron chi connectivity index (χ0n) is 11.4. The molecule has 19 heavy (non-hydrogen) atoms. The molecule has 1 aromatic carbocycles. The predicted molar refractivity (Wildman–Crippen MR) is 83.4 cm³/mol. The van der Waals surface area contributed by atoms with Gasteiger partial charge in [-0.1, -0.05) is 36.2 Å². The van der Waals surface area contributed by atoms with Gasteiger partial charge in [-0.25, -0.2) is 0 Å². The molecule has 0 aliphatic carbocycles. The van der Waals surface area contributed by atoms with Crippen molar-refractivity contribution in [2.45, 2.75) is 31.6 Å². The molecule has 1 aromatic rings. The summed E-state index contributed by atoms with van der Waals surface area (Å²) in [7, 11) is 0. The van der Waals surface area contributed by atoms with Crippen molar-refractivity contribution in [1.29, 1.82) is 0 Å². The molecule has 4 heteroatoms. The SMILES string of the molecule is CCNCC[C@]1(c2ccc(Cl)c(Cl)c2)CCCNC1. The molecule has 2 rings (SSSR count). The summed E-state index contributed by atoms with van der Waals surface area (Å²) < 4.78 is 0. The molecule has 0 aromatic heterocycles. The minimum Gasteiger partial charge on any atom is -0.317 e. The lowest BCUT2D eigenvalue weighted by atomic mass is 9.72. The van der Waals surface area contributed by atoms with Crippen LogP contribution >= 0.6 is 23.2 Å². The minimum atomic E-state index is 0.189. The molecule has 1 fully saturated rings. The molecule has 1 heterocycles. The van der Waals surface area contributed by atoms with E-state index in [0.717, 1.165) is 32.6 Å². The largest absolute Gasteiger partial charge is 0.317 e. The number of rotatable bonds is 5. The lowest BCUT2D eigenvalue weighted by Gasteiger charge is -2.38. The van der Waals surface area contributed by atoms with Crippen LogP contribution in [-0.2, 0) is 5.41 Å². The van der Waals surface area contributed by atoms with Crippen molar-refractivity contribution < 1.29 is 0 Å². The summed E-state index contributed by atoms with van der Waals surface area (Å²) in [5.74, 6) is 0. The van der Waals surface area contributed by atoms with Crippen molar-refractivity contribution in [3.63, 3.8) is 0 Å². The summed E-state index contributed by atoms with van der Waals surface area (Å²) in [6.45, 7) is 6.34. The predicted octanol–water partition coefficient (Wildman–Crippen LogP) is 3.61. The lowest BCUT2D eigenvalue weighted by molar-refractivity contribution is 0.290. The molecule has 0 amide bonds. The second kappa shape index (κ2) is 6.94. The molecule has 106 valence electrons. The van der Waals surface area contributed by atoms with Crippen molar-refractivity contribution >= 4 is 23.2 Å². The van der Waals surface area contributed by atoms with E-state index >= 15 is 0 Å². The van der Waals surface area contributed by atoms with Crippen LogP contribution in [0.1, 0.15) is 31.7 Å². The summed E-state index contributed by atoms with van der Waals surface area (Å²) in [5, 5.41) is 8.26. The molecule has 1 aliphatic rings. The molecule has 1 atom stereocenters. The van der Waals surface area contributed by atoms with Crippen LogP contribution in [0.5, 0.6) is 0 Å². The summed E-state index contributed by atoms with van der Waals surface area (Å²) in [6, 6.07) is 6.10. The molecule has 0 bridgehead atoms. The number of hydrogen-bond donors (Lipinski definition) is 2. The van der Waals surface area contributed by atoms with Crippen LogP contribution in [0, 0.1) is 0 Å². The van der Waals surface area contributed by atoms with Crippen LogP contribution in [0.4, 0.5) is 0 Å². The van der Waals surface area contributed by atoms with Crippen LogP contribution < -0.4 is 10.6 Å². The average molecular weight is 301 g/mol. The van der Waals surface area contributed by atoms with Crippen molar-refractivity contribution in [3.05, 3.63) is 33.8 Å². The van der Waals surface area contributed by atoms with Gasteiger partial charge in [0, 0.05) is 12.0 Å². The summed E-state index contributed by atoms with van der Waals surface area (Å²) >= 11 is 12.2. The van der Waals surface area contributed by atoms with Gasteiger partial charge in [0.25, 0.3) is 0 Å². The van der Waals surface area contributed by atoms with Crippen LogP contribution in [0.15, 0.2) is 18.2 Å². The third-order valence-corrected chi connectivity index (χ3v) is 4.77. The Bertz CT molecular complexity index is 415. The minimum absolute atomic E-state index is 0.189. The van der Waals surface area contributed by atoms with E-state index in [1.165, 1.54) is 18.4 Å². The van der Waals surface area contributed by atoms with E-state index in [-0.39, 0.29) is 5.41 Å². The van der Waals surface area contributed by atoms with Gasteiger partial charge in [-0.3, -0.25) is 0 Å². The van der Waals surface area contributed by atoms with Gasteiger partial charge in [0.1, 0.15) is 0 Å². The molecule has 1 aliphatic heterocycles. The van der Waals surface area contributed by atoms with Crippen molar-refractivity contribution in [2.75, 3.05) is 26.2 Å². The topological polar surface area (TPSA) is 24.1 Å². The fourth-order valence-corrected chi connectivity index (χ4v) is 3.20. The quantitative estimate of drug-likeness (QED) is 0.812. The first kappa shape index (κ1) is 15.1. The van der Waals surface area contributed by atoms with Gasteiger partial charge in [-0.2, -0.15) is 0 Å². The summed E-state index contributed by atoms with van der Waals surface area (Å²) in [4.78, 5) is 0. The molecular formula is C15H22Cl2N2. The van der Waals surface area contributed by atoms with Crippen LogP contribution in [0.25, 0.3) is 0 Å². The Kier molecular flexibility index (Phi) is 5.52. The molecule has 0 spiro atoms. The first-order valence-electron chi connectivity index (χ1n) is 7.05. The zero-order valence-corrected chi connectivity index (χ0v) is 12.9. The van der Waals surface area contributed by atoms with E-state index in [2.05, 4.69) is 23.6 Å². The zero-order chi connectivity index (χ0) is 13.7. The van der Waals surface area contributed by atoms with Crippen LogP contribution in [-0.4, -0.2) is 26.2 Å². The van der Waals surface area contributed by atoms with Gasteiger partial charge in [0.05, 0.1) is 10.0 Å². The van der Waals surface area contributed by atoms with E-state index in [1.807, 2.05) is 12.1 Å². The fourth-order valence-electron chi connectivity index (χ4n) is 2.90. The van der Waals surface area contributed by atoms with Gasteiger partial charge in [0.2, 0.25) is 0 Å². The first-order valence-corrected chi connectivity index (χ1v) is 7.80. The number of halogens is 2. The fraction of sp³-hybridized carbons (Fsp3) is 0.600. The van der Waals surface area contributed by atoms with Gasteiger partial charge in [-0.15, -0.1) is 0 Å². The highest BCUT2D eigenvalue weighted by Gasteiger charge is 2.33.